The van der Waals surface area contributed by atoms with E-state index in [2.05, 4.69) is 4.37 Å². The van der Waals surface area contributed by atoms with Gasteiger partial charge in [-0.05, 0) is 17.8 Å². The van der Waals surface area contributed by atoms with Crippen molar-refractivity contribution in [3.05, 3.63) is 15.1 Å². The van der Waals surface area contributed by atoms with Crippen molar-refractivity contribution in [2.45, 2.75) is 0 Å². The number of rotatable bonds is 3. The van der Waals surface area contributed by atoms with Crippen molar-refractivity contribution >= 4 is 52.3 Å². The zero-order chi connectivity index (χ0) is 9.14. The number of hydrogen-bond donors (Lipinski definition) is 0. The highest BCUT2D eigenvalue weighted by molar-refractivity contribution is 7.99. The summed E-state index contributed by atoms with van der Waals surface area (Å²) in [4.78, 5) is 11.7. The molecule has 0 unspecified atom stereocenters. The molecule has 6 heteroatoms. The lowest BCUT2D eigenvalue weighted by molar-refractivity contribution is 0.102. The lowest BCUT2D eigenvalue weighted by Crippen LogP contribution is -1.99. The van der Waals surface area contributed by atoms with E-state index in [1.54, 1.807) is 0 Å². The summed E-state index contributed by atoms with van der Waals surface area (Å²) in [6.45, 7) is 0. The molecule has 0 N–H and O–H groups in total. The number of carbonyl (C=O) groups excluding carboxylic acids is 1. The Bertz CT molecular complexity index is 300. The van der Waals surface area contributed by atoms with Gasteiger partial charge < -0.3 is 0 Å². The summed E-state index contributed by atoms with van der Waals surface area (Å²) >= 11 is 13.8. The van der Waals surface area contributed by atoms with Crippen molar-refractivity contribution in [2.24, 2.45) is 0 Å². The third kappa shape index (κ3) is 2.13. The summed E-state index contributed by atoms with van der Waals surface area (Å²) in [5.41, 5.74) is 0. The number of carbonyl (C=O) groups is 1. The maximum atomic E-state index is 11.3. The second kappa shape index (κ2) is 4.46. The third-order valence-electron chi connectivity index (χ3n) is 1.13. The Morgan fingerprint density at radius 1 is 1.67 bits per heavy atom. The van der Waals surface area contributed by atoms with Crippen LogP contribution in [-0.4, -0.2) is 22.2 Å². The van der Waals surface area contributed by atoms with E-state index in [0.29, 0.717) is 10.6 Å². The van der Waals surface area contributed by atoms with Crippen LogP contribution in [-0.2, 0) is 0 Å². The Hall–Kier alpha value is 0.230. The second-order valence-corrected chi connectivity index (χ2v) is 4.35. The zero-order valence-electron chi connectivity index (χ0n) is 6.13. The number of hydrogen-bond acceptors (Lipinski definition) is 4. The molecule has 0 saturated heterocycles. The van der Waals surface area contributed by atoms with Gasteiger partial charge in [0.15, 0.2) is 10.9 Å². The van der Waals surface area contributed by atoms with Gasteiger partial charge in [-0.25, -0.2) is 0 Å². The maximum absolute atomic E-state index is 11.3. The minimum atomic E-state index is -0.0168. The number of ketones is 1. The maximum Gasteiger partial charge on any atom is 0.185 e. The average molecular weight is 242 g/mol. The zero-order valence-corrected chi connectivity index (χ0v) is 9.28. The first kappa shape index (κ1) is 10.3. The highest BCUT2D eigenvalue weighted by Gasteiger charge is 2.16. The van der Waals surface area contributed by atoms with Gasteiger partial charge in [0, 0.05) is 0 Å². The molecule has 0 aliphatic rings. The molecule has 66 valence electrons. The van der Waals surface area contributed by atoms with Gasteiger partial charge >= 0.3 is 0 Å². The van der Waals surface area contributed by atoms with Crippen LogP contribution < -0.4 is 0 Å². The van der Waals surface area contributed by atoms with Crippen molar-refractivity contribution < 1.29 is 4.79 Å². The summed E-state index contributed by atoms with van der Waals surface area (Å²) in [5, 5.41) is 0.492. The highest BCUT2D eigenvalue weighted by Crippen LogP contribution is 2.29. The van der Waals surface area contributed by atoms with E-state index in [1.165, 1.54) is 11.8 Å². The molecule has 12 heavy (non-hydrogen) atoms. The molecular formula is C6H5Cl2NOS2. The van der Waals surface area contributed by atoms with Gasteiger partial charge in [-0.2, -0.15) is 16.1 Å². The van der Waals surface area contributed by atoms with Crippen molar-refractivity contribution in [1.82, 2.24) is 4.37 Å². The van der Waals surface area contributed by atoms with Crippen LogP contribution in [0.25, 0.3) is 0 Å². The predicted octanol–water partition coefficient (Wildman–Crippen LogP) is 3.00. The Morgan fingerprint density at radius 2 is 2.33 bits per heavy atom. The molecule has 1 aromatic rings. The number of Topliss-reactive ketones (excluding diaryl/α,β-unsaturated/α-hetero) is 1. The van der Waals surface area contributed by atoms with Crippen LogP contribution in [0.2, 0.25) is 10.2 Å². The normalized spacial score (nSPS) is 10.2. The van der Waals surface area contributed by atoms with Crippen LogP contribution >= 0.6 is 46.5 Å². The minimum Gasteiger partial charge on any atom is -0.292 e. The van der Waals surface area contributed by atoms with Gasteiger partial charge in [0.1, 0.15) is 9.90 Å². The van der Waals surface area contributed by atoms with Crippen molar-refractivity contribution in [3.63, 3.8) is 0 Å². The SMILES string of the molecule is CSCC(=O)c1snc(Cl)c1Cl. The molecule has 0 amide bonds. The van der Waals surface area contributed by atoms with E-state index in [0.717, 1.165) is 11.5 Å². The van der Waals surface area contributed by atoms with E-state index >= 15 is 0 Å². The first-order valence-electron chi connectivity index (χ1n) is 2.99. The smallest absolute Gasteiger partial charge is 0.185 e. The van der Waals surface area contributed by atoms with Crippen molar-refractivity contribution in [3.8, 4) is 0 Å². The van der Waals surface area contributed by atoms with E-state index in [4.69, 9.17) is 23.2 Å². The van der Waals surface area contributed by atoms with Crippen LogP contribution in [0.3, 0.4) is 0 Å². The quantitative estimate of drug-likeness (QED) is 0.763. The largest absolute Gasteiger partial charge is 0.292 e. The number of halogens is 2. The molecular weight excluding hydrogens is 237 g/mol. The molecule has 0 spiro atoms. The molecule has 1 heterocycles. The fourth-order valence-electron chi connectivity index (χ4n) is 0.630. The van der Waals surface area contributed by atoms with E-state index in [-0.39, 0.29) is 16.0 Å². The van der Waals surface area contributed by atoms with Gasteiger partial charge in [-0.1, -0.05) is 23.2 Å². The van der Waals surface area contributed by atoms with Crippen LogP contribution in [0.4, 0.5) is 0 Å². The standard InChI is InChI=1S/C6H5Cl2NOS2/c1-11-2-3(10)5-4(7)6(8)9-12-5/h2H2,1H3. The van der Waals surface area contributed by atoms with Gasteiger partial charge in [0.2, 0.25) is 0 Å². The molecule has 0 aromatic carbocycles. The number of thioether (sulfide) groups is 1. The van der Waals surface area contributed by atoms with Gasteiger partial charge in [-0.15, -0.1) is 0 Å². The highest BCUT2D eigenvalue weighted by atomic mass is 35.5. The Morgan fingerprint density at radius 3 is 2.75 bits per heavy atom. The molecule has 0 aliphatic heterocycles. The minimum absolute atomic E-state index is 0.0168. The molecule has 2 nitrogen and oxygen atoms in total. The van der Waals surface area contributed by atoms with Crippen molar-refractivity contribution in [2.75, 3.05) is 12.0 Å². The fourth-order valence-corrected chi connectivity index (χ4v) is 2.30. The summed E-state index contributed by atoms with van der Waals surface area (Å²) < 4.78 is 3.76. The Balaban J connectivity index is 2.88. The van der Waals surface area contributed by atoms with Crippen LogP contribution in [0.5, 0.6) is 0 Å². The van der Waals surface area contributed by atoms with Gasteiger partial charge in [0.25, 0.3) is 0 Å². The Labute approximate surface area is 88.4 Å². The monoisotopic (exact) mass is 241 g/mol. The van der Waals surface area contributed by atoms with E-state index in [9.17, 15) is 4.79 Å². The first-order chi connectivity index (χ1) is 5.66. The molecule has 0 atom stereocenters. The van der Waals surface area contributed by atoms with Crippen LogP contribution in [0, 0.1) is 0 Å². The fraction of sp³-hybridized carbons (Fsp3) is 0.333. The van der Waals surface area contributed by atoms with Crippen LogP contribution in [0.1, 0.15) is 9.67 Å². The first-order valence-corrected chi connectivity index (χ1v) is 5.92. The molecule has 0 aliphatic carbocycles. The number of nitrogens with zero attached hydrogens (tertiary/aromatic N) is 1. The summed E-state index contributed by atoms with van der Waals surface area (Å²) in [6, 6.07) is 0. The lowest BCUT2D eigenvalue weighted by Gasteiger charge is -1.92. The lowest BCUT2D eigenvalue weighted by atomic mass is 10.4. The molecule has 1 rings (SSSR count). The summed E-state index contributed by atoms with van der Waals surface area (Å²) in [5.74, 6) is 0.398. The third-order valence-corrected chi connectivity index (χ3v) is 3.52. The summed E-state index contributed by atoms with van der Waals surface area (Å²) in [7, 11) is 0. The van der Waals surface area contributed by atoms with Gasteiger partial charge in [0.05, 0.1) is 5.75 Å². The molecule has 0 saturated carbocycles. The van der Waals surface area contributed by atoms with Crippen LogP contribution in [0.15, 0.2) is 0 Å². The van der Waals surface area contributed by atoms with E-state index in [1.807, 2.05) is 6.26 Å². The second-order valence-electron chi connectivity index (χ2n) is 1.97. The predicted molar refractivity (Wildman–Crippen MR) is 54.8 cm³/mol. The average Bonchev–Trinajstić information content (AvgIpc) is 2.34. The van der Waals surface area contributed by atoms with Gasteiger partial charge in [-0.3, -0.25) is 4.79 Å². The summed E-state index contributed by atoms with van der Waals surface area (Å²) in [6.07, 6.45) is 1.86. The molecule has 1 aromatic heterocycles. The molecule has 0 bridgehead atoms. The number of aromatic nitrogens is 1. The Kier molecular flexibility index (Phi) is 3.83. The van der Waals surface area contributed by atoms with Crippen molar-refractivity contribution in [1.29, 1.82) is 0 Å². The molecule has 0 radical (unpaired) electrons. The van der Waals surface area contributed by atoms with E-state index < -0.39 is 0 Å². The topological polar surface area (TPSA) is 30.0 Å². The molecule has 0 fully saturated rings.